The minimum absolute atomic E-state index is 0.128. The van der Waals surface area contributed by atoms with Crippen LogP contribution in [0, 0.1) is 5.41 Å². The van der Waals surface area contributed by atoms with E-state index in [2.05, 4.69) is 68.5 Å². The molecule has 94 valence electrons. The summed E-state index contributed by atoms with van der Waals surface area (Å²) in [5, 5.41) is 0. The molecule has 0 fully saturated rings. The first-order valence-electron chi connectivity index (χ1n) is 7.08. The van der Waals surface area contributed by atoms with Crippen LogP contribution in [0.25, 0.3) is 17.7 Å². The van der Waals surface area contributed by atoms with Gasteiger partial charge >= 0.3 is 0 Å². The van der Waals surface area contributed by atoms with Crippen LogP contribution in [-0.2, 0) is 0 Å². The Morgan fingerprint density at radius 3 is 2.79 bits per heavy atom. The van der Waals surface area contributed by atoms with Crippen molar-refractivity contribution in [3.63, 3.8) is 0 Å². The summed E-state index contributed by atoms with van der Waals surface area (Å²) in [5.41, 5.74) is 7.31. The van der Waals surface area contributed by atoms with Crippen LogP contribution in [0.1, 0.15) is 48.4 Å². The van der Waals surface area contributed by atoms with Crippen LogP contribution in [0.4, 0.5) is 0 Å². The number of benzene rings is 1. The van der Waals surface area contributed by atoms with Crippen molar-refractivity contribution in [1.29, 1.82) is 0 Å². The van der Waals surface area contributed by atoms with Crippen LogP contribution >= 0.6 is 0 Å². The van der Waals surface area contributed by atoms with Gasteiger partial charge in [0.1, 0.15) is 0 Å². The molecule has 3 aliphatic carbocycles. The van der Waals surface area contributed by atoms with Crippen molar-refractivity contribution < 1.29 is 0 Å². The summed E-state index contributed by atoms with van der Waals surface area (Å²) in [4.78, 5) is 0. The Kier molecular flexibility index (Phi) is 2.09. The van der Waals surface area contributed by atoms with E-state index in [9.17, 15) is 0 Å². The van der Waals surface area contributed by atoms with Gasteiger partial charge in [-0.15, -0.1) is 0 Å². The number of allylic oxidation sites excluding steroid dienone is 6. The highest BCUT2D eigenvalue weighted by Crippen LogP contribution is 2.45. The second-order valence-corrected chi connectivity index (χ2v) is 6.39. The van der Waals surface area contributed by atoms with Gasteiger partial charge in [0, 0.05) is 11.3 Å². The first-order valence-corrected chi connectivity index (χ1v) is 7.08. The van der Waals surface area contributed by atoms with Gasteiger partial charge in [0.25, 0.3) is 0 Å². The molecule has 1 aromatic carbocycles. The summed E-state index contributed by atoms with van der Waals surface area (Å²) < 4.78 is 0. The third kappa shape index (κ3) is 1.59. The first kappa shape index (κ1) is 11.0. The summed E-state index contributed by atoms with van der Waals surface area (Å²) in [5.74, 6) is 0.571. The molecule has 0 radical (unpaired) electrons. The average molecular weight is 246 g/mol. The van der Waals surface area contributed by atoms with Gasteiger partial charge in [0.15, 0.2) is 0 Å². The largest absolute Gasteiger partial charge is 0.0830 e. The lowest BCUT2D eigenvalue weighted by molar-refractivity contribution is 0.632. The lowest BCUT2D eigenvalue weighted by Crippen LogP contribution is -2.11. The summed E-state index contributed by atoms with van der Waals surface area (Å²) in [6.45, 7) is 4.54. The van der Waals surface area contributed by atoms with E-state index in [1.54, 1.807) is 0 Å². The molecule has 1 aromatic rings. The number of rotatable bonds is 0. The predicted octanol–water partition coefficient (Wildman–Crippen LogP) is 5.19. The van der Waals surface area contributed by atoms with E-state index in [-0.39, 0.29) is 5.41 Å². The molecule has 0 nitrogen and oxygen atoms in total. The smallest absolute Gasteiger partial charge is 0.00682 e. The Balaban J connectivity index is 2.09. The molecular formula is C19H18. The zero-order valence-corrected chi connectivity index (χ0v) is 11.5. The fourth-order valence-corrected chi connectivity index (χ4v) is 3.47. The van der Waals surface area contributed by atoms with Gasteiger partial charge in [0.05, 0.1) is 0 Å². The van der Waals surface area contributed by atoms with E-state index in [0.29, 0.717) is 5.92 Å². The SMILES string of the molecule is CC1(C)C=Cc2ccc3c4c2C(=C1)C=CC4CC=C3. The summed E-state index contributed by atoms with van der Waals surface area (Å²) in [6, 6.07) is 4.54. The van der Waals surface area contributed by atoms with Gasteiger partial charge < -0.3 is 0 Å². The van der Waals surface area contributed by atoms with Gasteiger partial charge in [-0.2, -0.15) is 0 Å². The van der Waals surface area contributed by atoms with Gasteiger partial charge in [-0.25, -0.2) is 0 Å². The Morgan fingerprint density at radius 1 is 1.05 bits per heavy atom. The van der Waals surface area contributed by atoms with E-state index in [1.807, 2.05) is 0 Å². The molecule has 0 saturated carbocycles. The van der Waals surface area contributed by atoms with Crippen molar-refractivity contribution in [1.82, 2.24) is 0 Å². The van der Waals surface area contributed by atoms with E-state index in [4.69, 9.17) is 0 Å². The molecule has 0 N–H and O–H groups in total. The molecule has 0 heterocycles. The molecule has 0 aromatic heterocycles. The number of hydrogen-bond acceptors (Lipinski definition) is 0. The lowest BCUT2D eigenvalue weighted by Gasteiger charge is -2.28. The quantitative estimate of drug-likeness (QED) is 0.590. The fourth-order valence-electron chi connectivity index (χ4n) is 3.47. The highest BCUT2D eigenvalue weighted by Gasteiger charge is 2.27. The molecule has 3 aliphatic rings. The zero-order valence-electron chi connectivity index (χ0n) is 11.5. The van der Waals surface area contributed by atoms with E-state index < -0.39 is 0 Å². The molecular weight excluding hydrogens is 228 g/mol. The molecule has 4 rings (SSSR count). The lowest BCUT2D eigenvalue weighted by atomic mass is 9.76. The zero-order chi connectivity index (χ0) is 13.0. The van der Waals surface area contributed by atoms with Gasteiger partial charge in [-0.1, -0.05) is 68.5 Å². The Labute approximate surface area is 114 Å². The highest BCUT2D eigenvalue weighted by molar-refractivity contribution is 5.89. The van der Waals surface area contributed by atoms with Crippen LogP contribution in [0.3, 0.4) is 0 Å². The fraction of sp³-hybridized carbons (Fsp3) is 0.263. The topological polar surface area (TPSA) is 0 Å². The third-order valence-electron chi connectivity index (χ3n) is 4.39. The van der Waals surface area contributed by atoms with Crippen LogP contribution < -0.4 is 0 Å². The van der Waals surface area contributed by atoms with E-state index in [1.165, 1.54) is 27.8 Å². The van der Waals surface area contributed by atoms with Crippen LogP contribution in [0.15, 0.2) is 42.5 Å². The number of hydrogen-bond donors (Lipinski definition) is 0. The van der Waals surface area contributed by atoms with Gasteiger partial charge in [-0.05, 0) is 34.2 Å². The van der Waals surface area contributed by atoms with Crippen LogP contribution in [0.2, 0.25) is 0 Å². The molecule has 0 amide bonds. The van der Waals surface area contributed by atoms with Gasteiger partial charge in [-0.3, -0.25) is 0 Å². The third-order valence-corrected chi connectivity index (χ3v) is 4.39. The second kappa shape index (κ2) is 3.60. The Bertz CT molecular complexity index is 678. The maximum atomic E-state index is 2.40. The van der Waals surface area contributed by atoms with Crippen LogP contribution in [-0.4, -0.2) is 0 Å². The normalized spacial score (nSPS) is 24.7. The predicted molar refractivity (Wildman–Crippen MR) is 82.8 cm³/mol. The van der Waals surface area contributed by atoms with Crippen molar-refractivity contribution in [2.24, 2.45) is 5.41 Å². The van der Waals surface area contributed by atoms with Crippen molar-refractivity contribution in [3.8, 4) is 0 Å². The van der Waals surface area contributed by atoms with E-state index >= 15 is 0 Å². The molecule has 0 heteroatoms. The summed E-state index contributed by atoms with van der Waals surface area (Å²) in [6.07, 6.45) is 17.4. The molecule has 1 atom stereocenters. The molecule has 19 heavy (non-hydrogen) atoms. The average Bonchev–Trinajstić information content (AvgIpc) is 2.53. The minimum Gasteiger partial charge on any atom is -0.0830 e. The molecule has 0 aliphatic heterocycles. The highest BCUT2D eigenvalue weighted by atomic mass is 14.3. The van der Waals surface area contributed by atoms with Gasteiger partial charge in [0.2, 0.25) is 0 Å². The minimum atomic E-state index is 0.128. The summed E-state index contributed by atoms with van der Waals surface area (Å²) in [7, 11) is 0. The van der Waals surface area contributed by atoms with Crippen molar-refractivity contribution in [3.05, 3.63) is 64.8 Å². The Hall–Kier alpha value is -1.82. The standard InChI is InChI=1S/C19H18/c1-19(2)11-10-15-7-6-13-4-3-5-14-8-9-16(12-19)18(15)17(13)14/h3-4,6-12,14H,5H2,1-2H3. The van der Waals surface area contributed by atoms with Crippen molar-refractivity contribution in [2.45, 2.75) is 26.2 Å². The molecule has 1 unspecified atom stereocenters. The molecule has 0 saturated heterocycles. The maximum absolute atomic E-state index is 2.40. The second-order valence-electron chi connectivity index (χ2n) is 6.39. The molecule has 0 spiro atoms. The van der Waals surface area contributed by atoms with Crippen LogP contribution in [0.5, 0.6) is 0 Å². The molecule has 0 bridgehead atoms. The Morgan fingerprint density at radius 2 is 1.89 bits per heavy atom. The van der Waals surface area contributed by atoms with Crippen molar-refractivity contribution >= 4 is 17.7 Å². The maximum Gasteiger partial charge on any atom is 0.00682 e. The first-order chi connectivity index (χ1) is 9.14. The van der Waals surface area contributed by atoms with Crippen molar-refractivity contribution in [2.75, 3.05) is 0 Å². The van der Waals surface area contributed by atoms with E-state index in [0.717, 1.165) is 6.42 Å². The monoisotopic (exact) mass is 246 g/mol. The summed E-state index contributed by atoms with van der Waals surface area (Å²) >= 11 is 0.